The van der Waals surface area contributed by atoms with Crippen molar-refractivity contribution in [3.8, 4) is 5.13 Å². The lowest BCUT2D eigenvalue weighted by molar-refractivity contribution is -0.125. The van der Waals surface area contributed by atoms with Crippen molar-refractivity contribution in [3.05, 3.63) is 53.9 Å². The van der Waals surface area contributed by atoms with Crippen LogP contribution in [0.15, 0.2) is 42.7 Å². The van der Waals surface area contributed by atoms with Crippen molar-refractivity contribution >= 4 is 28.1 Å². The highest BCUT2D eigenvalue weighted by Gasteiger charge is 2.27. The highest BCUT2D eigenvalue weighted by molar-refractivity contribution is 7.17. The Bertz CT molecular complexity index is 1140. The van der Waals surface area contributed by atoms with Gasteiger partial charge in [-0.05, 0) is 69.0 Å². The average Bonchev–Trinajstić information content (AvgIpc) is 3.61. The Morgan fingerprint density at radius 1 is 1.03 bits per heavy atom. The van der Waals surface area contributed by atoms with Crippen molar-refractivity contribution < 1.29 is 4.79 Å². The molecule has 1 amide bonds. The van der Waals surface area contributed by atoms with Crippen LogP contribution in [-0.4, -0.2) is 77.9 Å². The molecule has 2 aliphatic heterocycles. The van der Waals surface area contributed by atoms with Gasteiger partial charge in [-0.2, -0.15) is 0 Å². The standard InChI is InChI=1S/C27H37N7OS/c1-21-8-9-22(2)24(19-21)32-17-15-31(16-18-32)11-6-10-28-25(35)23-7-5-14-34(20-23)27-30-29-26(36-27)33-12-3-4-13-33/h3-4,8-9,12-13,19,23H,5-7,10-11,14-18,20H2,1-2H3,(H,28,35)/t23-/m0/s1. The summed E-state index contributed by atoms with van der Waals surface area (Å²) in [6.45, 7) is 12.0. The fourth-order valence-electron chi connectivity index (χ4n) is 5.20. The number of hydrogen-bond donors (Lipinski definition) is 1. The molecule has 9 heteroatoms. The highest BCUT2D eigenvalue weighted by Crippen LogP contribution is 2.28. The van der Waals surface area contributed by atoms with Crippen LogP contribution in [0.25, 0.3) is 5.13 Å². The van der Waals surface area contributed by atoms with E-state index in [9.17, 15) is 4.79 Å². The summed E-state index contributed by atoms with van der Waals surface area (Å²) in [6, 6.07) is 10.7. The Kier molecular flexibility index (Phi) is 7.87. The van der Waals surface area contributed by atoms with Crippen LogP contribution in [0, 0.1) is 19.8 Å². The molecule has 0 bridgehead atoms. The van der Waals surface area contributed by atoms with Crippen LogP contribution in [0.4, 0.5) is 10.8 Å². The van der Waals surface area contributed by atoms with E-state index in [0.717, 1.165) is 75.3 Å². The van der Waals surface area contributed by atoms with Gasteiger partial charge in [0.05, 0.1) is 5.92 Å². The number of nitrogens with zero attached hydrogens (tertiary/aromatic N) is 6. The molecule has 192 valence electrons. The van der Waals surface area contributed by atoms with E-state index in [-0.39, 0.29) is 11.8 Å². The topological polar surface area (TPSA) is 69.5 Å². The number of piperidine rings is 1. The summed E-state index contributed by atoms with van der Waals surface area (Å²) in [6.07, 6.45) is 6.87. The minimum absolute atomic E-state index is 0.0128. The molecule has 4 heterocycles. The summed E-state index contributed by atoms with van der Waals surface area (Å²) in [5.41, 5.74) is 4.04. The third-order valence-electron chi connectivity index (χ3n) is 7.32. The number of piperazine rings is 1. The minimum atomic E-state index is 0.0128. The molecule has 0 saturated carbocycles. The number of anilines is 2. The predicted octanol–water partition coefficient (Wildman–Crippen LogP) is 3.49. The molecular formula is C27H37N7OS. The Hall–Kier alpha value is -2.91. The minimum Gasteiger partial charge on any atom is -0.369 e. The van der Waals surface area contributed by atoms with E-state index in [1.807, 2.05) is 29.1 Å². The molecule has 1 atom stereocenters. The van der Waals surface area contributed by atoms with E-state index >= 15 is 0 Å². The van der Waals surface area contributed by atoms with Crippen LogP contribution in [0.1, 0.15) is 30.4 Å². The molecule has 1 N–H and O–H groups in total. The van der Waals surface area contributed by atoms with E-state index in [1.165, 1.54) is 16.8 Å². The van der Waals surface area contributed by atoms with Gasteiger partial charge in [-0.1, -0.05) is 23.5 Å². The molecule has 2 saturated heterocycles. The van der Waals surface area contributed by atoms with Gasteiger partial charge >= 0.3 is 0 Å². The van der Waals surface area contributed by atoms with Gasteiger partial charge in [0.1, 0.15) is 0 Å². The van der Waals surface area contributed by atoms with E-state index in [1.54, 1.807) is 11.3 Å². The maximum Gasteiger partial charge on any atom is 0.224 e. The van der Waals surface area contributed by atoms with Crippen molar-refractivity contribution in [2.75, 3.05) is 62.2 Å². The van der Waals surface area contributed by atoms with Gasteiger partial charge in [0, 0.05) is 63.9 Å². The molecule has 0 radical (unpaired) electrons. The zero-order chi connectivity index (χ0) is 24.9. The largest absolute Gasteiger partial charge is 0.369 e. The van der Waals surface area contributed by atoms with Gasteiger partial charge in [-0.25, -0.2) is 0 Å². The highest BCUT2D eigenvalue weighted by atomic mass is 32.1. The first-order valence-corrected chi connectivity index (χ1v) is 13.9. The van der Waals surface area contributed by atoms with Gasteiger partial charge in [0.25, 0.3) is 0 Å². The molecular weight excluding hydrogens is 470 g/mol. The molecule has 1 aromatic carbocycles. The Balaban J connectivity index is 1.02. The van der Waals surface area contributed by atoms with Gasteiger partial charge in [0.2, 0.25) is 16.2 Å². The zero-order valence-electron chi connectivity index (χ0n) is 21.4. The molecule has 36 heavy (non-hydrogen) atoms. The molecule has 2 fully saturated rings. The number of nitrogens with one attached hydrogen (secondary N) is 1. The number of rotatable bonds is 8. The maximum atomic E-state index is 12.9. The fraction of sp³-hybridized carbons (Fsp3) is 0.519. The van der Waals surface area contributed by atoms with Crippen LogP contribution in [0.3, 0.4) is 0 Å². The van der Waals surface area contributed by atoms with E-state index in [4.69, 9.17) is 0 Å². The first-order valence-electron chi connectivity index (χ1n) is 13.1. The lowest BCUT2D eigenvalue weighted by Gasteiger charge is -2.37. The number of hydrogen-bond acceptors (Lipinski definition) is 7. The summed E-state index contributed by atoms with van der Waals surface area (Å²) in [7, 11) is 0. The molecule has 5 rings (SSSR count). The number of benzene rings is 1. The van der Waals surface area contributed by atoms with Crippen molar-refractivity contribution in [1.82, 2.24) is 25.0 Å². The molecule has 0 unspecified atom stereocenters. The molecule has 0 aliphatic carbocycles. The summed E-state index contributed by atoms with van der Waals surface area (Å²) < 4.78 is 1.97. The first-order chi connectivity index (χ1) is 17.6. The smallest absolute Gasteiger partial charge is 0.224 e. The van der Waals surface area contributed by atoms with Crippen LogP contribution in [-0.2, 0) is 4.79 Å². The van der Waals surface area contributed by atoms with E-state index in [2.05, 4.69) is 62.3 Å². The maximum absolute atomic E-state index is 12.9. The second-order valence-electron chi connectivity index (χ2n) is 10.0. The zero-order valence-corrected chi connectivity index (χ0v) is 22.2. The van der Waals surface area contributed by atoms with Gasteiger partial charge in [-0.3, -0.25) is 14.3 Å². The van der Waals surface area contributed by atoms with Gasteiger partial charge < -0.3 is 15.1 Å². The van der Waals surface area contributed by atoms with Gasteiger partial charge in [0.15, 0.2) is 0 Å². The first kappa shape index (κ1) is 24.8. The van der Waals surface area contributed by atoms with E-state index in [0.29, 0.717) is 6.54 Å². The lowest BCUT2D eigenvalue weighted by atomic mass is 9.97. The quantitative estimate of drug-likeness (QED) is 0.471. The Labute approximate surface area is 217 Å². The molecule has 2 aliphatic rings. The third-order valence-corrected chi connectivity index (χ3v) is 8.32. The number of aryl methyl sites for hydroxylation is 2. The van der Waals surface area contributed by atoms with Gasteiger partial charge in [-0.15, -0.1) is 10.2 Å². The second kappa shape index (κ2) is 11.4. The second-order valence-corrected chi connectivity index (χ2v) is 10.9. The Morgan fingerprint density at radius 3 is 2.61 bits per heavy atom. The van der Waals surface area contributed by atoms with E-state index < -0.39 is 0 Å². The van der Waals surface area contributed by atoms with Crippen molar-refractivity contribution in [1.29, 1.82) is 0 Å². The summed E-state index contributed by atoms with van der Waals surface area (Å²) in [5.74, 6) is 0.188. The summed E-state index contributed by atoms with van der Waals surface area (Å²) >= 11 is 1.57. The van der Waals surface area contributed by atoms with Crippen LogP contribution in [0.2, 0.25) is 0 Å². The SMILES string of the molecule is Cc1ccc(C)c(N2CCN(CCCNC(=O)[C@H]3CCCN(c4nnc(-n5cccc5)s4)C3)CC2)c1. The molecule has 2 aromatic heterocycles. The predicted molar refractivity (Wildman–Crippen MR) is 146 cm³/mol. The molecule has 8 nitrogen and oxygen atoms in total. The van der Waals surface area contributed by atoms with Crippen molar-refractivity contribution in [3.63, 3.8) is 0 Å². The monoisotopic (exact) mass is 507 g/mol. The van der Waals surface area contributed by atoms with Crippen LogP contribution in [0.5, 0.6) is 0 Å². The van der Waals surface area contributed by atoms with Crippen LogP contribution >= 0.6 is 11.3 Å². The third kappa shape index (κ3) is 5.90. The van der Waals surface area contributed by atoms with Crippen LogP contribution < -0.4 is 15.1 Å². The summed E-state index contributed by atoms with van der Waals surface area (Å²) in [5, 5.41) is 13.7. The number of amides is 1. The average molecular weight is 508 g/mol. The van der Waals surface area contributed by atoms with Crippen molar-refractivity contribution in [2.24, 2.45) is 5.92 Å². The lowest BCUT2D eigenvalue weighted by Crippen LogP contribution is -2.47. The Morgan fingerprint density at radius 2 is 1.81 bits per heavy atom. The molecule has 0 spiro atoms. The number of carbonyl (C=O) groups is 1. The van der Waals surface area contributed by atoms with Crippen molar-refractivity contribution in [2.45, 2.75) is 33.1 Å². The number of aromatic nitrogens is 3. The summed E-state index contributed by atoms with van der Waals surface area (Å²) in [4.78, 5) is 20.1. The normalized spacial score (nSPS) is 19.0. The number of carbonyl (C=O) groups excluding carboxylic acids is 1. The fourth-order valence-corrected chi connectivity index (χ4v) is 6.05. The molecule has 3 aromatic rings.